The maximum atomic E-state index is 5.29. The van der Waals surface area contributed by atoms with E-state index in [1.807, 2.05) is 48.5 Å². The van der Waals surface area contributed by atoms with Gasteiger partial charge in [-0.1, -0.05) is 0 Å². The molecule has 0 aliphatic heterocycles. The molecule has 4 rings (SSSR count). The third kappa shape index (κ3) is 3.15. The highest BCUT2D eigenvalue weighted by atomic mass is 16.5. The van der Waals surface area contributed by atoms with Crippen molar-refractivity contribution < 1.29 is 9.47 Å². The molecule has 0 atom stereocenters. The SMILES string of the molecule is COc1ccc(-c2nc3c(nc2-c2ccc(OC)cc2)CCCC3)cc1. The number of aryl methyl sites for hydroxylation is 2. The highest BCUT2D eigenvalue weighted by Gasteiger charge is 2.19. The molecule has 0 saturated heterocycles. The molecule has 1 aliphatic rings. The molecule has 4 nitrogen and oxygen atoms in total. The second kappa shape index (κ2) is 7.16. The first-order valence-electron chi connectivity index (χ1n) is 8.97. The molecule has 1 aromatic heterocycles. The van der Waals surface area contributed by atoms with E-state index in [4.69, 9.17) is 19.4 Å². The smallest absolute Gasteiger partial charge is 0.118 e. The fourth-order valence-electron chi connectivity index (χ4n) is 3.39. The van der Waals surface area contributed by atoms with Crippen LogP contribution in [0.4, 0.5) is 0 Å². The van der Waals surface area contributed by atoms with Gasteiger partial charge in [0.25, 0.3) is 0 Å². The number of methoxy groups -OCH3 is 2. The van der Waals surface area contributed by atoms with E-state index < -0.39 is 0 Å². The molecule has 0 radical (unpaired) electrons. The molecule has 2 aromatic carbocycles. The zero-order valence-electron chi connectivity index (χ0n) is 15.2. The second-order valence-electron chi connectivity index (χ2n) is 6.48. The van der Waals surface area contributed by atoms with Gasteiger partial charge in [0.15, 0.2) is 0 Å². The molecular formula is C22H22N2O2. The minimum atomic E-state index is 0.839. The predicted octanol–water partition coefficient (Wildman–Crippen LogP) is 4.71. The Morgan fingerprint density at radius 1 is 0.615 bits per heavy atom. The summed E-state index contributed by atoms with van der Waals surface area (Å²) in [7, 11) is 3.35. The van der Waals surface area contributed by atoms with Gasteiger partial charge in [0.05, 0.1) is 37.0 Å². The van der Waals surface area contributed by atoms with Crippen LogP contribution in [-0.4, -0.2) is 24.2 Å². The molecule has 0 saturated carbocycles. The minimum Gasteiger partial charge on any atom is -0.497 e. The van der Waals surface area contributed by atoms with Crippen molar-refractivity contribution in [3.63, 3.8) is 0 Å². The highest BCUT2D eigenvalue weighted by molar-refractivity contribution is 5.78. The lowest BCUT2D eigenvalue weighted by molar-refractivity contribution is 0.414. The van der Waals surface area contributed by atoms with Crippen molar-refractivity contribution in [3.05, 3.63) is 59.9 Å². The van der Waals surface area contributed by atoms with Gasteiger partial charge < -0.3 is 9.47 Å². The van der Waals surface area contributed by atoms with Gasteiger partial charge in [-0.15, -0.1) is 0 Å². The van der Waals surface area contributed by atoms with Crippen molar-refractivity contribution in [2.45, 2.75) is 25.7 Å². The van der Waals surface area contributed by atoms with E-state index in [2.05, 4.69) is 0 Å². The number of hydrogen-bond donors (Lipinski definition) is 0. The van der Waals surface area contributed by atoms with Crippen LogP contribution in [0, 0.1) is 0 Å². The first-order chi connectivity index (χ1) is 12.8. The van der Waals surface area contributed by atoms with Crippen molar-refractivity contribution in [2.75, 3.05) is 14.2 Å². The maximum Gasteiger partial charge on any atom is 0.118 e. The Balaban J connectivity index is 1.86. The monoisotopic (exact) mass is 346 g/mol. The van der Waals surface area contributed by atoms with E-state index in [9.17, 15) is 0 Å². The molecule has 1 heterocycles. The average molecular weight is 346 g/mol. The Kier molecular flexibility index (Phi) is 4.57. The number of fused-ring (bicyclic) bond motifs is 1. The van der Waals surface area contributed by atoms with Gasteiger partial charge >= 0.3 is 0 Å². The first-order valence-corrected chi connectivity index (χ1v) is 8.97. The quantitative estimate of drug-likeness (QED) is 0.686. The molecule has 0 bridgehead atoms. The van der Waals surface area contributed by atoms with E-state index in [0.717, 1.165) is 58.2 Å². The van der Waals surface area contributed by atoms with Crippen LogP contribution in [-0.2, 0) is 12.8 Å². The number of ether oxygens (including phenoxy) is 2. The Bertz CT molecular complexity index is 826. The van der Waals surface area contributed by atoms with Crippen LogP contribution in [0.25, 0.3) is 22.5 Å². The molecule has 26 heavy (non-hydrogen) atoms. The number of aromatic nitrogens is 2. The first kappa shape index (κ1) is 16.6. The maximum absolute atomic E-state index is 5.29. The molecule has 0 N–H and O–H groups in total. The van der Waals surface area contributed by atoms with Crippen molar-refractivity contribution in [1.82, 2.24) is 9.97 Å². The Morgan fingerprint density at radius 2 is 1.00 bits per heavy atom. The van der Waals surface area contributed by atoms with Crippen LogP contribution in [0.5, 0.6) is 11.5 Å². The Labute approximate surface area is 153 Å². The van der Waals surface area contributed by atoms with E-state index in [-0.39, 0.29) is 0 Å². The van der Waals surface area contributed by atoms with Crippen LogP contribution in [0.3, 0.4) is 0 Å². The van der Waals surface area contributed by atoms with Crippen LogP contribution in [0.15, 0.2) is 48.5 Å². The van der Waals surface area contributed by atoms with Crippen LogP contribution < -0.4 is 9.47 Å². The molecule has 0 unspecified atom stereocenters. The zero-order valence-corrected chi connectivity index (χ0v) is 15.2. The number of benzene rings is 2. The van der Waals surface area contributed by atoms with Gasteiger partial charge in [-0.3, -0.25) is 0 Å². The Morgan fingerprint density at radius 3 is 1.35 bits per heavy atom. The lowest BCUT2D eigenvalue weighted by Crippen LogP contribution is -2.10. The van der Waals surface area contributed by atoms with Gasteiger partial charge in [0, 0.05) is 11.1 Å². The van der Waals surface area contributed by atoms with E-state index in [1.54, 1.807) is 14.2 Å². The van der Waals surface area contributed by atoms with Gasteiger partial charge in [0.2, 0.25) is 0 Å². The Hall–Kier alpha value is -2.88. The summed E-state index contributed by atoms with van der Waals surface area (Å²) in [6.45, 7) is 0. The molecule has 1 aliphatic carbocycles. The summed E-state index contributed by atoms with van der Waals surface area (Å²) in [4.78, 5) is 10.0. The summed E-state index contributed by atoms with van der Waals surface area (Å²) in [5, 5.41) is 0. The van der Waals surface area contributed by atoms with E-state index in [0.29, 0.717) is 0 Å². The summed E-state index contributed by atoms with van der Waals surface area (Å²) in [5.74, 6) is 1.68. The topological polar surface area (TPSA) is 44.2 Å². The summed E-state index contributed by atoms with van der Waals surface area (Å²) in [6, 6.07) is 16.1. The van der Waals surface area contributed by atoms with E-state index >= 15 is 0 Å². The van der Waals surface area contributed by atoms with Crippen molar-refractivity contribution in [2.24, 2.45) is 0 Å². The number of nitrogens with zero attached hydrogens (tertiary/aromatic N) is 2. The molecule has 0 spiro atoms. The lowest BCUT2D eigenvalue weighted by atomic mass is 9.97. The zero-order chi connectivity index (χ0) is 17.9. The molecule has 132 valence electrons. The summed E-state index contributed by atoms with van der Waals surface area (Å²) < 4.78 is 10.6. The van der Waals surface area contributed by atoms with Crippen LogP contribution in [0.1, 0.15) is 24.2 Å². The van der Waals surface area contributed by atoms with Crippen molar-refractivity contribution >= 4 is 0 Å². The molecule has 4 heteroatoms. The molecular weight excluding hydrogens is 324 g/mol. The van der Waals surface area contributed by atoms with Crippen molar-refractivity contribution in [3.8, 4) is 34.0 Å². The van der Waals surface area contributed by atoms with E-state index in [1.165, 1.54) is 12.8 Å². The summed E-state index contributed by atoms with van der Waals surface area (Å²) in [5.41, 5.74) is 6.24. The summed E-state index contributed by atoms with van der Waals surface area (Å²) in [6.07, 6.45) is 4.39. The predicted molar refractivity (Wildman–Crippen MR) is 103 cm³/mol. The number of hydrogen-bond acceptors (Lipinski definition) is 4. The fourth-order valence-corrected chi connectivity index (χ4v) is 3.39. The molecule has 0 amide bonds. The van der Waals surface area contributed by atoms with Gasteiger partial charge in [0.1, 0.15) is 11.5 Å². The van der Waals surface area contributed by atoms with Gasteiger partial charge in [-0.2, -0.15) is 0 Å². The largest absolute Gasteiger partial charge is 0.497 e. The highest BCUT2D eigenvalue weighted by Crippen LogP contribution is 2.33. The third-order valence-electron chi connectivity index (χ3n) is 4.86. The second-order valence-corrected chi connectivity index (χ2v) is 6.48. The van der Waals surface area contributed by atoms with Crippen LogP contribution in [0.2, 0.25) is 0 Å². The minimum absolute atomic E-state index is 0.839. The van der Waals surface area contributed by atoms with Crippen molar-refractivity contribution in [1.29, 1.82) is 0 Å². The fraction of sp³-hybridized carbons (Fsp3) is 0.273. The summed E-state index contributed by atoms with van der Waals surface area (Å²) >= 11 is 0. The lowest BCUT2D eigenvalue weighted by Gasteiger charge is -2.18. The standard InChI is InChI=1S/C22H22N2O2/c1-25-17-11-7-15(8-12-17)21-22(16-9-13-18(26-2)14-10-16)24-20-6-4-3-5-19(20)23-21/h7-14H,3-6H2,1-2H3. The average Bonchev–Trinajstić information content (AvgIpc) is 2.73. The van der Waals surface area contributed by atoms with Crippen LogP contribution >= 0.6 is 0 Å². The normalized spacial score (nSPS) is 13.2. The van der Waals surface area contributed by atoms with Gasteiger partial charge in [-0.05, 0) is 74.2 Å². The number of rotatable bonds is 4. The third-order valence-corrected chi connectivity index (χ3v) is 4.86. The molecule has 0 fully saturated rings. The van der Waals surface area contributed by atoms with Gasteiger partial charge in [-0.25, -0.2) is 9.97 Å². The molecule has 3 aromatic rings.